The van der Waals surface area contributed by atoms with Gasteiger partial charge in [-0.15, -0.1) is 11.6 Å². The van der Waals surface area contributed by atoms with Crippen molar-refractivity contribution in [3.05, 3.63) is 63.4 Å². The van der Waals surface area contributed by atoms with E-state index in [2.05, 4.69) is 38.8 Å². The van der Waals surface area contributed by atoms with Crippen LogP contribution in [-0.2, 0) is 13.9 Å². The highest BCUT2D eigenvalue weighted by Gasteiger charge is 2.49. The number of ether oxygens (including phenoxy) is 3. The Morgan fingerprint density at radius 3 is 2.48 bits per heavy atom. The normalized spacial score (nSPS) is 23.3. The number of benzene rings is 1. The van der Waals surface area contributed by atoms with Crippen molar-refractivity contribution in [1.82, 2.24) is 9.55 Å². The first-order valence-corrected chi connectivity index (χ1v) is 14.3. The van der Waals surface area contributed by atoms with Gasteiger partial charge in [-0.05, 0) is 30.3 Å². The first kappa shape index (κ1) is 25.6. The number of hydrogen-bond acceptors (Lipinski definition) is 7. The minimum Gasteiger partial charge on any atom is -0.449 e. The number of nitrogens with zero attached hydrogens (tertiary/aromatic N) is 1. The van der Waals surface area contributed by atoms with Crippen molar-refractivity contribution in [3.63, 3.8) is 0 Å². The Morgan fingerprint density at radius 2 is 1.88 bits per heavy atom. The van der Waals surface area contributed by atoms with Crippen LogP contribution in [0.5, 0.6) is 5.75 Å². The number of aromatic nitrogens is 2. The number of halogens is 1. The van der Waals surface area contributed by atoms with Crippen molar-refractivity contribution in [2.75, 3.05) is 6.61 Å². The van der Waals surface area contributed by atoms with Gasteiger partial charge in [0.05, 0.1) is 6.61 Å². The average Bonchev–Trinajstić information content (AvgIpc) is 3.02. The minimum absolute atomic E-state index is 0.0106. The smallest absolute Gasteiger partial charge is 0.358 e. The average molecular weight is 513 g/mol. The molecule has 1 aliphatic rings. The van der Waals surface area contributed by atoms with E-state index in [4.69, 9.17) is 42.5 Å². The van der Waals surface area contributed by atoms with Gasteiger partial charge in [-0.2, -0.15) is 0 Å². The van der Waals surface area contributed by atoms with E-state index in [0.29, 0.717) is 5.75 Å². The molecule has 0 spiro atoms. The molecule has 0 amide bonds. The second-order valence-corrected chi connectivity index (χ2v) is 15.0. The molecule has 0 aliphatic carbocycles. The van der Waals surface area contributed by atoms with Crippen LogP contribution in [0, 0.1) is 0 Å². The molecule has 0 bridgehead atoms. The van der Waals surface area contributed by atoms with E-state index in [0.717, 1.165) is 0 Å². The Morgan fingerprint density at radius 1 is 1.21 bits per heavy atom. The second kappa shape index (κ2) is 10.1. The van der Waals surface area contributed by atoms with Crippen LogP contribution >= 0.6 is 23.8 Å². The fourth-order valence-electron chi connectivity index (χ4n) is 3.05. The van der Waals surface area contributed by atoms with Crippen LogP contribution in [0.4, 0.5) is 0 Å². The van der Waals surface area contributed by atoms with Gasteiger partial charge in [-0.3, -0.25) is 14.3 Å². The molecule has 1 aromatic heterocycles. The zero-order valence-electron chi connectivity index (χ0n) is 19.2. The first-order valence-electron chi connectivity index (χ1n) is 10.6. The Hall–Kier alpha value is -1.98. The lowest BCUT2D eigenvalue weighted by Crippen LogP contribution is -2.45. The summed E-state index contributed by atoms with van der Waals surface area (Å²) < 4.78 is 25.2. The molecule has 4 atom stereocenters. The van der Waals surface area contributed by atoms with Gasteiger partial charge in [-0.25, -0.2) is 4.79 Å². The zero-order valence-corrected chi connectivity index (χ0v) is 21.8. The van der Waals surface area contributed by atoms with Crippen LogP contribution in [0.2, 0.25) is 18.1 Å². The Kier molecular flexibility index (Phi) is 7.85. The van der Waals surface area contributed by atoms with Gasteiger partial charge < -0.3 is 18.6 Å². The molecule has 33 heavy (non-hydrogen) atoms. The maximum atomic E-state index is 12.4. The van der Waals surface area contributed by atoms with Crippen LogP contribution in [0.3, 0.4) is 0 Å². The van der Waals surface area contributed by atoms with Crippen molar-refractivity contribution in [1.29, 1.82) is 0 Å². The predicted molar refractivity (Wildman–Crippen MR) is 133 cm³/mol. The molecule has 1 saturated heterocycles. The summed E-state index contributed by atoms with van der Waals surface area (Å²) in [7, 11) is -2.10. The Balaban J connectivity index is 1.82. The van der Waals surface area contributed by atoms with Crippen molar-refractivity contribution in [2.45, 2.75) is 62.7 Å². The van der Waals surface area contributed by atoms with Crippen molar-refractivity contribution in [2.24, 2.45) is 0 Å². The third-order valence-electron chi connectivity index (χ3n) is 5.98. The molecule has 0 radical (unpaired) electrons. The molecule has 3 rings (SSSR count). The largest absolute Gasteiger partial charge is 0.449 e. The molecule has 1 N–H and O–H groups in total. The number of aromatic amines is 1. The highest BCUT2D eigenvalue weighted by molar-refractivity contribution is 7.79. The number of thiocarbonyl (C=S) groups is 1. The number of rotatable bonds is 6. The summed E-state index contributed by atoms with van der Waals surface area (Å²) in [6, 6.07) is 10.2. The van der Waals surface area contributed by atoms with Gasteiger partial charge in [0.1, 0.15) is 17.2 Å². The summed E-state index contributed by atoms with van der Waals surface area (Å²) in [5.41, 5.74) is -1.14. The van der Waals surface area contributed by atoms with Crippen LogP contribution in [-0.4, -0.2) is 47.3 Å². The highest BCUT2D eigenvalue weighted by Crippen LogP contribution is 2.39. The number of hydrogen-bond donors (Lipinski definition) is 1. The van der Waals surface area contributed by atoms with Crippen LogP contribution in [0.25, 0.3) is 0 Å². The van der Waals surface area contributed by atoms with Gasteiger partial charge in [0.2, 0.25) is 0 Å². The topological polar surface area (TPSA) is 91.8 Å². The summed E-state index contributed by atoms with van der Waals surface area (Å²) in [5.74, 6) is 0.523. The standard InChI is InChI=1S/C22H29ClN2O6SSi/c1-22(2,3)33(4,5)28-13-15-18(31-21(32)29-14-9-7-6-8-10-14)17(23)19(30-15)25-12-11-16(26)24-20(25)27/h6-12,15,17-19H,13H2,1-5H3,(H,24,26,27)/t15-,17-,18-,19-/m1/s1. The van der Waals surface area contributed by atoms with E-state index in [-0.39, 0.29) is 16.9 Å². The number of nitrogens with one attached hydrogen (secondary N) is 1. The summed E-state index contributed by atoms with van der Waals surface area (Å²) >= 11 is 12.0. The number of H-pyrrole nitrogens is 1. The fraction of sp³-hybridized carbons (Fsp3) is 0.500. The Bertz CT molecular complexity index is 1080. The van der Waals surface area contributed by atoms with Gasteiger partial charge in [-0.1, -0.05) is 39.0 Å². The first-order chi connectivity index (χ1) is 15.4. The van der Waals surface area contributed by atoms with Gasteiger partial charge >= 0.3 is 10.9 Å². The fourth-order valence-corrected chi connectivity index (χ4v) is 4.66. The van der Waals surface area contributed by atoms with E-state index in [1.165, 1.54) is 16.8 Å². The molecule has 2 aromatic rings. The van der Waals surface area contributed by atoms with Crippen molar-refractivity contribution in [3.8, 4) is 5.75 Å². The van der Waals surface area contributed by atoms with E-state index in [9.17, 15) is 9.59 Å². The molecule has 180 valence electrons. The Labute approximate surface area is 203 Å². The summed E-state index contributed by atoms with van der Waals surface area (Å²) in [4.78, 5) is 26.0. The molecule has 1 fully saturated rings. The van der Waals surface area contributed by atoms with Crippen molar-refractivity contribution < 1.29 is 18.6 Å². The molecular weight excluding hydrogens is 484 g/mol. The van der Waals surface area contributed by atoms with E-state index < -0.39 is 43.4 Å². The molecular formula is C22H29ClN2O6SSi. The maximum absolute atomic E-state index is 12.4. The zero-order chi connectivity index (χ0) is 24.4. The molecule has 0 unspecified atom stereocenters. The number of para-hydroxylation sites is 1. The molecule has 1 aliphatic heterocycles. The van der Waals surface area contributed by atoms with E-state index in [1.54, 1.807) is 12.1 Å². The third-order valence-corrected chi connectivity index (χ3v) is 11.1. The second-order valence-electron chi connectivity index (χ2n) is 9.35. The monoisotopic (exact) mass is 512 g/mol. The van der Waals surface area contributed by atoms with Gasteiger partial charge in [0.25, 0.3) is 5.56 Å². The summed E-state index contributed by atoms with van der Waals surface area (Å²) in [6.45, 7) is 10.9. The third kappa shape index (κ3) is 6.13. The quantitative estimate of drug-likeness (QED) is 0.357. The highest BCUT2D eigenvalue weighted by atomic mass is 35.5. The lowest BCUT2D eigenvalue weighted by molar-refractivity contribution is -0.0427. The predicted octanol–water partition coefficient (Wildman–Crippen LogP) is 3.81. The van der Waals surface area contributed by atoms with Gasteiger partial charge in [0.15, 0.2) is 20.6 Å². The lowest BCUT2D eigenvalue weighted by Gasteiger charge is -2.37. The SMILES string of the molecule is CC(C)(C)[Si](C)(C)OC[C@H]1O[C@@H](n2ccc(=O)[nH]c2=O)[C@H](Cl)[C@@H]1OC(=S)Oc1ccccc1. The summed E-state index contributed by atoms with van der Waals surface area (Å²) in [6.07, 6.45) is -0.929. The van der Waals surface area contributed by atoms with E-state index in [1.807, 2.05) is 18.2 Å². The van der Waals surface area contributed by atoms with Crippen LogP contribution in [0.1, 0.15) is 27.0 Å². The maximum Gasteiger partial charge on any atom is 0.358 e. The van der Waals surface area contributed by atoms with Crippen LogP contribution in [0.15, 0.2) is 52.2 Å². The summed E-state index contributed by atoms with van der Waals surface area (Å²) in [5, 5.41) is -0.935. The molecule has 0 saturated carbocycles. The minimum atomic E-state index is -2.10. The molecule has 8 nitrogen and oxygen atoms in total. The number of alkyl halides is 1. The van der Waals surface area contributed by atoms with E-state index >= 15 is 0 Å². The lowest BCUT2D eigenvalue weighted by atomic mass is 10.2. The van der Waals surface area contributed by atoms with Crippen molar-refractivity contribution >= 4 is 37.4 Å². The molecule has 1 aromatic carbocycles. The molecule has 2 heterocycles. The molecule has 11 heteroatoms. The van der Waals surface area contributed by atoms with Crippen LogP contribution < -0.4 is 16.0 Å². The van der Waals surface area contributed by atoms with Gasteiger partial charge in [0, 0.05) is 24.5 Å².